The van der Waals surface area contributed by atoms with E-state index in [9.17, 15) is 9.59 Å². The van der Waals surface area contributed by atoms with E-state index in [4.69, 9.17) is 17.0 Å². The van der Waals surface area contributed by atoms with Gasteiger partial charge in [0.15, 0.2) is 5.11 Å². The number of hydrogen-bond donors (Lipinski definition) is 3. The van der Waals surface area contributed by atoms with E-state index in [-0.39, 0.29) is 16.9 Å². The van der Waals surface area contributed by atoms with Gasteiger partial charge >= 0.3 is 0 Å². The lowest BCUT2D eigenvalue weighted by Crippen LogP contribution is -2.32. The van der Waals surface area contributed by atoms with Crippen LogP contribution in [0.4, 0.5) is 11.4 Å². The molecule has 7 heteroatoms. The molecule has 27 heavy (non-hydrogen) atoms. The van der Waals surface area contributed by atoms with Crippen molar-refractivity contribution in [2.75, 3.05) is 17.2 Å². The molecule has 0 spiro atoms. The molecule has 0 aliphatic carbocycles. The van der Waals surface area contributed by atoms with Crippen LogP contribution < -0.4 is 20.7 Å². The van der Waals surface area contributed by atoms with Gasteiger partial charge in [0.25, 0.3) is 5.91 Å². The number of ether oxygens (including phenoxy) is 1. The lowest BCUT2D eigenvalue weighted by Gasteiger charge is -2.11. The number of anilines is 2. The minimum Gasteiger partial charge on any atom is -0.493 e. The molecule has 2 rings (SSSR count). The van der Waals surface area contributed by atoms with Crippen molar-refractivity contribution < 1.29 is 14.3 Å². The average molecular weight is 385 g/mol. The molecule has 0 heterocycles. The monoisotopic (exact) mass is 385 g/mol. The smallest absolute Gasteiger partial charge is 0.255 e. The third kappa shape index (κ3) is 7.07. The average Bonchev–Trinajstić information content (AvgIpc) is 2.61. The molecule has 0 aliphatic heterocycles. The fourth-order valence-electron chi connectivity index (χ4n) is 2.15. The van der Waals surface area contributed by atoms with Crippen molar-refractivity contribution in [1.29, 1.82) is 0 Å². The number of carbonyl (C=O) groups excluding carboxylic acids is 2. The number of amides is 2. The molecular formula is C20H23N3O3S. The Hall–Kier alpha value is -2.93. The largest absolute Gasteiger partial charge is 0.493 e. The van der Waals surface area contributed by atoms with Gasteiger partial charge in [0.1, 0.15) is 5.75 Å². The summed E-state index contributed by atoms with van der Waals surface area (Å²) in [7, 11) is 0. The highest BCUT2D eigenvalue weighted by Gasteiger charge is 2.08. The van der Waals surface area contributed by atoms with Gasteiger partial charge < -0.3 is 20.7 Å². The zero-order chi connectivity index (χ0) is 19.8. The molecule has 0 saturated carbocycles. The van der Waals surface area contributed by atoms with Crippen LogP contribution in [-0.2, 0) is 4.79 Å². The Kier molecular flexibility index (Phi) is 7.31. The second kappa shape index (κ2) is 9.68. The molecule has 2 aromatic rings. The van der Waals surface area contributed by atoms with Crippen LogP contribution in [0.3, 0.4) is 0 Å². The maximum Gasteiger partial charge on any atom is 0.255 e. The molecule has 2 amide bonds. The van der Waals surface area contributed by atoms with Gasteiger partial charge in [0.2, 0.25) is 5.91 Å². The van der Waals surface area contributed by atoms with Gasteiger partial charge in [-0.2, -0.15) is 0 Å². The number of thiocarbonyl (C=S) groups is 1. The topological polar surface area (TPSA) is 79.5 Å². The molecule has 0 bridgehead atoms. The van der Waals surface area contributed by atoms with Crippen LogP contribution in [0.5, 0.6) is 5.75 Å². The van der Waals surface area contributed by atoms with Gasteiger partial charge in [0, 0.05) is 23.9 Å². The molecule has 3 N–H and O–H groups in total. The first-order valence-corrected chi connectivity index (χ1v) is 8.97. The maximum absolute atomic E-state index is 12.4. The molecule has 0 radical (unpaired) electrons. The van der Waals surface area contributed by atoms with Gasteiger partial charge in [-0.15, -0.1) is 0 Å². The van der Waals surface area contributed by atoms with Crippen LogP contribution in [-0.4, -0.2) is 23.5 Å². The van der Waals surface area contributed by atoms with Crippen molar-refractivity contribution in [2.24, 2.45) is 5.92 Å². The van der Waals surface area contributed by atoms with E-state index in [1.54, 1.807) is 42.5 Å². The van der Waals surface area contributed by atoms with E-state index in [2.05, 4.69) is 29.8 Å². The summed E-state index contributed by atoms with van der Waals surface area (Å²) in [6.45, 7) is 6.12. The highest BCUT2D eigenvalue weighted by Crippen LogP contribution is 2.18. The summed E-state index contributed by atoms with van der Waals surface area (Å²) in [6.07, 6.45) is 0. The van der Waals surface area contributed by atoms with Crippen molar-refractivity contribution in [2.45, 2.75) is 20.8 Å². The van der Waals surface area contributed by atoms with Crippen LogP contribution in [0.1, 0.15) is 31.1 Å². The fraction of sp³-hybridized carbons (Fsp3) is 0.250. The van der Waals surface area contributed by atoms with Crippen molar-refractivity contribution in [1.82, 2.24) is 5.32 Å². The van der Waals surface area contributed by atoms with Crippen molar-refractivity contribution in [3.05, 3.63) is 54.1 Å². The lowest BCUT2D eigenvalue weighted by atomic mass is 10.2. The molecule has 0 unspecified atom stereocenters. The van der Waals surface area contributed by atoms with Gasteiger partial charge in [-0.3, -0.25) is 9.59 Å². The normalized spacial score (nSPS) is 10.2. The van der Waals surface area contributed by atoms with Crippen LogP contribution in [0.25, 0.3) is 0 Å². The molecule has 6 nitrogen and oxygen atoms in total. The molecule has 2 aromatic carbocycles. The first-order chi connectivity index (χ1) is 12.8. The van der Waals surface area contributed by atoms with Gasteiger partial charge in [0.05, 0.1) is 6.61 Å². The Bertz CT molecular complexity index is 819. The summed E-state index contributed by atoms with van der Waals surface area (Å²) in [4.78, 5) is 23.4. The molecule has 0 saturated heterocycles. The predicted octanol–water partition coefficient (Wildman–Crippen LogP) is 3.81. The van der Waals surface area contributed by atoms with Crippen LogP contribution in [0.15, 0.2) is 48.5 Å². The van der Waals surface area contributed by atoms with E-state index in [0.29, 0.717) is 35.2 Å². The minimum atomic E-state index is -0.240. The summed E-state index contributed by atoms with van der Waals surface area (Å²) in [5.41, 5.74) is 1.87. The molecule has 0 aromatic heterocycles. The van der Waals surface area contributed by atoms with Crippen molar-refractivity contribution in [3.63, 3.8) is 0 Å². The Morgan fingerprint density at radius 3 is 2.26 bits per heavy atom. The number of benzene rings is 2. The standard InChI is InChI=1S/C20H23N3O3S/c1-13(2)12-26-18-6-4-5-15(11-18)19(25)22-16-7-9-17(10-8-16)23-20(27)21-14(3)24/h4-11,13H,12H2,1-3H3,(H,22,25)(H2,21,23,24,27). The third-order valence-corrected chi connectivity index (χ3v) is 3.57. The number of hydrogen-bond acceptors (Lipinski definition) is 4. The summed E-state index contributed by atoms with van der Waals surface area (Å²) in [5.74, 6) is 0.617. The van der Waals surface area contributed by atoms with E-state index in [1.165, 1.54) is 6.92 Å². The number of rotatable bonds is 6. The highest BCUT2D eigenvalue weighted by atomic mass is 32.1. The Morgan fingerprint density at radius 2 is 1.67 bits per heavy atom. The summed E-state index contributed by atoms with van der Waals surface area (Å²) in [6, 6.07) is 14.1. The highest BCUT2D eigenvalue weighted by molar-refractivity contribution is 7.80. The van der Waals surface area contributed by atoms with E-state index >= 15 is 0 Å². The minimum absolute atomic E-state index is 0.220. The SMILES string of the molecule is CC(=O)NC(=S)Nc1ccc(NC(=O)c2cccc(OCC(C)C)c2)cc1. The van der Waals surface area contributed by atoms with Gasteiger partial charge in [-0.1, -0.05) is 19.9 Å². The first-order valence-electron chi connectivity index (χ1n) is 8.56. The van der Waals surface area contributed by atoms with Crippen LogP contribution in [0, 0.1) is 5.92 Å². The van der Waals surface area contributed by atoms with Crippen LogP contribution in [0.2, 0.25) is 0 Å². The molecule has 0 fully saturated rings. The van der Waals surface area contributed by atoms with Crippen LogP contribution >= 0.6 is 12.2 Å². The third-order valence-electron chi connectivity index (χ3n) is 3.37. The Balaban J connectivity index is 1.96. The van der Waals surface area contributed by atoms with Gasteiger partial charge in [-0.25, -0.2) is 0 Å². The second-order valence-electron chi connectivity index (χ2n) is 6.40. The van der Waals surface area contributed by atoms with E-state index in [1.807, 2.05) is 6.07 Å². The maximum atomic E-state index is 12.4. The predicted molar refractivity (Wildman–Crippen MR) is 111 cm³/mol. The summed E-state index contributed by atoms with van der Waals surface area (Å²) >= 11 is 5.00. The van der Waals surface area contributed by atoms with E-state index < -0.39 is 0 Å². The number of carbonyl (C=O) groups is 2. The summed E-state index contributed by atoms with van der Waals surface area (Å²) in [5, 5.41) is 8.43. The van der Waals surface area contributed by atoms with Gasteiger partial charge in [-0.05, 0) is 60.6 Å². The Morgan fingerprint density at radius 1 is 1.04 bits per heavy atom. The zero-order valence-electron chi connectivity index (χ0n) is 15.5. The van der Waals surface area contributed by atoms with Crippen molar-refractivity contribution in [3.8, 4) is 5.75 Å². The number of nitrogens with one attached hydrogen (secondary N) is 3. The molecule has 142 valence electrons. The zero-order valence-corrected chi connectivity index (χ0v) is 16.4. The Labute approximate surface area is 164 Å². The molecule has 0 aliphatic rings. The fourth-order valence-corrected chi connectivity index (χ4v) is 2.41. The lowest BCUT2D eigenvalue weighted by molar-refractivity contribution is -0.117. The van der Waals surface area contributed by atoms with E-state index in [0.717, 1.165) is 0 Å². The first kappa shape index (κ1) is 20.4. The molecule has 0 atom stereocenters. The summed E-state index contributed by atoms with van der Waals surface area (Å²) < 4.78 is 5.66. The molecular weight excluding hydrogens is 362 g/mol. The quantitative estimate of drug-likeness (QED) is 0.659. The van der Waals surface area contributed by atoms with Crippen molar-refractivity contribution >= 4 is 40.5 Å². The second-order valence-corrected chi connectivity index (χ2v) is 6.81.